The Morgan fingerprint density at radius 1 is 1.17 bits per heavy atom. The lowest BCUT2D eigenvalue weighted by Gasteiger charge is -2.37. The van der Waals surface area contributed by atoms with Crippen molar-refractivity contribution >= 4 is 11.9 Å². The molecule has 0 bridgehead atoms. The summed E-state index contributed by atoms with van der Waals surface area (Å²) in [5.74, 6) is -0.385. The molecule has 0 unspecified atom stereocenters. The zero-order valence-corrected chi connectivity index (χ0v) is 17.7. The van der Waals surface area contributed by atoms with E-state index in [1.807, 2.05) is 0 Å². The Labute approximate surface area is 172 Å². The van der Waals surface area contributed by atoms with Crippen molar-refractivity contribution in [2.45, 2.75) is 64.6 Å². The summed E-state index contributed by atoms with van der Waals surface area (Å²) in [6.07, 6.45) is 3.23. The molecule has 0 radical (unpaired) electrons. The number of halogens is 1. The van der Waals surface area contributed by atoms with Crippen molar-refractivity contribution < 1.29 is 23.5 Å². The standard InChI is InChI=1S/C23H32FNO4/c1-13(2)17-9-8-14(3)10-20(17)29-22(26)18-12-19(23(27)28-4)25-21(18)15-6-5-7-16(24)11-15/h5-7,11,13-14,17-21,25H,8-10,12H2,1-4H3/t14-,17+,18+,19+,20-,21+/m1/s1. The number of ether oxygens (including phenoxy) is 2. The van der Waals surface area contributed by atoms with E-state index in [0.717, 1.165) is 19.3 Å². The van der Waals surface area contributed by atoms with Gasteiger partial charge >= 0.3 is 11.9 Å². The second-order valence-electron chi connectivity index (χ2n) is 8.92. The van der Waals surface area contributed by atoms with Crippen LogP contribution >= 0.6 is 0 Å². The van der Waals surface area contributed by atoms with Gasteiger partial charge in [0.05, 0.1) is 13.0 Å². The molecule has 1 saturated heterocycles. The zero-order valence-electron chi connectivity index (χ0n) is 17.7. The van der Waals surface area contributed by atoms with Gasteiger partial charge in [-0.1, -0.05) is 39.3 Å². The molecule has 6 heteroatoms. The van der Waals surface area contributed by atoms with Crippen molar-refractivity contribution in [1.82, 2.24) is 5.32 Å². The predicted molar refractivity (Wildman–Crippen MR) is 107 cm³/mol. The lowest BCUT2D eigenvalue weighted by atomic mass is 9.75. The Morgan fingerprint density at radius 2 is 1.93 bits per heavy atom. The monoisotopic (exact) mass is 405 g/mol. The van der Waals surface area contributed by atoms with Crippen LogP contribution in [0.25, 0.3) is 0 Å². The Morgan fingerprint density at radius 3 is 2.59 bits per heavy atom. The fourth-order valence-corrected chi connectivity index (χ4v) is 4.85. The van der Waals surface area contributed by atoms with Crippen molar-refractivity contribution in [2.24, 2.45) is 23.7 Å². The second-order valence-corrected chi connectivity index (χ2v) is 8.92. The fourth-order valence-electron chi connectivity index (χ4n) is 4.85. The SMILES string of the molecule is COC(=O)[C@@H]1C[C@H](C(=O)O[C@@H]2C[C@H](C)CC[C@H]2C(C)C)[C@H](c2cccc(F)c2)N1. The van der Waals surface area contributed by atoms with Crippen molar-refractivity contribution in [3.63, 3.8) is 0 Å². The maximum absolute atomic E-state index is 13.8. The highest BCUT2D eigenvalue weighted by molar-refractivity contribution is 5.80. The quantitative estimate of drug-likeness (QED) is 0.750. The number of rotatable bonds is 5. The Bertz CT molecular complexity index is 737. The number of benzene rings is 1. The molecule has 3 rings (SSSR count). The van der Waals surface area contributed by atoms with Gasteiger partial charge in [-0.25, -0.2) is 4.39 Å². The van der Waals surface area contributed by atoms with Crippen LogP contribution in [0.4, 0.5) is 4.39 Å². The molecule has 0 amide bonds. The minimum Gasteiger partial charge on any atom is -0.468 e. The molecule has 1 N–H and O–H groups in total. The molecule has 29 heavy (non-hydrogen) atoms. The van der Waals surface area contributed by atoms with Gasteiger partial charge in [0.25, 0.3) is 0 Å². The fraction of sp³-hybridized carbons (Fsp3) is 0.652. The van der Waals surface area contributed by atoms with Crippen molar-refractivity contribution in [2.75, 3.05) is 7.11 Å². The molecule has 160 valence electrons. The zero-order chi connectivity index (χ0) is 21.1. The van der Waals surface area contributed by atoms with Gasteiger partial charge in [0, 0.05) is 6.04 Å². The van der Waals surface area contributed by atoms with Crippen LogP contribution in [0, 0.1) is 29.5 Å². The molecule has 1 aromatic rings. The first kappa shape index (κ1) is 21.8. The lowest BCUT2D eigenvalue weighted by molar-refractivity contribution is -0.161. The second kappa shape index (κ2) is 9.24. The minimum atomic E-state index is -0.614. The van der Waals surface area contributed by atoms with Crippen LogP contribution in [-0.2, 0) is 19.1 Å². The molecule has 0 spiro atoms. The van der Waals surface area contributed by atoms with E-state index in [1.54, 1.807) is 12.1 Å². The maximum atomic E-state index is 13.8. The summed E-state index contributed by atoms with van der Waals surface area (Å²) in [6.45, 7) is 6.53. The average molecular weight is 406 g/mol. The average Bonchev–Trinajstić information content (AvgIpc) is 3.13. The van der Waals surface area contributed by atoms with Crippen LogP contribution in [0.3, 0.4) is 0 Å². The van der Waals surface area contributed by atoms with Gasteiger partial charge in [-0.05, 0) is 54.7 Å². The highest BCUT2D eigenvalue weighted by Gasteiger charge is 2.45. The van der Waals surface area contributed by atoms with E-state index in [9.17, 15) is 14.0 Å². The number of methoxy groups -OCH3 is 1. The van der Waals surface area contributed by atoms with Crippen LogP contribution in [0.15, 0.2) is 24.3 Å². The number of carbonyl (C=O) groups excluding carboxylic acids is 2. The van der Waals surface area contributed by atoms with Crippen molar-refractivity contribution in [3.05, 3.63) is 35.6 Å². The first-order valence-electron chi connectivity index (χ1n) is 10.6. The number of nitrogens with one attached hydrogen (secondary N) is 1. The molecule has 6 atom stereocenters. The highest BCUT2D eigenvalue weighted by Crippen LogP contribution is 2.39. The molecule has 1 aliphatic heterocycles. The number of hydrogen-bond acceptors (Lipinski definition) is 5. The summed E-state index contributed by atoms with van der Waals surface area (Å²) in [6, 6.07) is 5.04. The van der Waals surface area contributed by atoms with Crippen molar-refractivity contribution in [1.29, 1.82) is 0 Å². The van der Waals surface area contributed by atoms with E-state index < -0.39 is 24.0 Å². The Balaban J connectivity index is 1.80. The summed E-state index contributed by atoms with van der Waals surface area (Å²) in [5.41, 5.74) is 0.635. The van der Waals surface area contributed by atoms with Crippen LogP contribution in [0.1, 0.15) is 58.1 Å². The molecule has 0 aromatic heterocycles. The molecule has 2 aliphatic rings. The van der Waals surface area contributed by atoms with Gasteiger partial charge in [0.2, 0.25) is 0 Å². The molecule has 1 aromatic carbocycles. The summed E-state index contributed by atoms with van der Waals surface area (Å²) in [5, 5.41) is 3.15. The normalized spacial score (nSPS) is 32.2. The third kappa shape index (κ3) is 4.97. The van der Waals surface area contributed by atoms with Crippen LogP contribution < -0.4 is 5.32 Å². The number of hydrogen-bond donors (Lipinski definition) is 1. The number of carbonyl (C=O) groups is 2. The van der Waals surface area contributed by atoms with Gasteiger partial charge in [-0.15, -0.1) is 0 Å². The van der Waals surface area contributed by atoms with Gasteiger partial charge in [0.1, 0.15) is 18.0 Å². The van der Waals surface area contributed by atoms with Crippen LogP contribution in [0.5, 0.6) is 0 Å². The summed E-state index contributed by atoms with van der Waals surface area (Å²) >= 11 is 0. The molecule has 2 fully saturated rings. The van der Waals surface area contributed by atoms with E-state index in [4.69, 9.17) is 9.47 Å². The first-order chi connectivity index (χ1) is 13.8. The maximum Gasteiger partial charge on any atom is 0.322 e. The van der Waals surface area contributed by atoms with E-state index in [0.29, 0.717) is 23.3 Å². The van der Waals surface area contributed by atoms with Gasteiger partial charge in [0.15, 0.2) is 0 Å². The smallest absolute Gasteiger partial charge is 0.322 e. The topological polar surface area (TPSA) is 64.6 Å². The largest absolute Gasteiger partial charge is 0.468 e. The number of esters is 2. The van der Waals surface area contributed by atoms with Crippen LogP contribution in [0.2, 0.25) is 0 Å². The summed E-state index contributed by atoms with van der Waals surface area (Å²) in [4.78, 5) is 25.3. The lowest BCUT2D eigenvalue weighted by Crippen LogP contribution is -2.38. The molecular weight excluding hydrogens is 373 g/mol. The molecule has 1 aliphatic carbocycles. The first-order valence-corrected chi connectivity index (χ1v) is 10.6. The van der Waals surface area contributed by atoms with E-state index in [2.05, 4.69) is 26.1 Å². The van der Waals surface area contributed by atoms with Gasteiger partial charge in [-0.2, -0.15) is 0 Å². The third-order valence-corrected chi connectivity index (χ3v) is 6.50. The van der Waals surface area contributed by atoms with E-state index >= 15 is 0 Å². The van der Waals surface area contributed by atoms with Crippen LogP contribution in [-0.4, -0.2) is 31.2 Å². The van der Waals surface area contributed by atoms with E-state index in [1.165, 1.54) is 19.2 Å². The third-order valence-electron chi connectivity index (χ3n) is 6.50. The van der Waals surface area contributed by atoms with Crippen molar-refractivity contribution in [3.8, 4) is 0 Å². The molecular formula is C23H32FNO4. The van der Waals surface area contributed by atoms with Gasteiger partial charge in [-0.3, -0.25) is 14.9 Å². The summed E-state index contributed by atoms with van der Waals surface area (Å²) in [7, 11) is 1.32. The minimum absolute atomic E-state index is 0.114. The highest BCUT2D eigenvalue weighted by atomic mass is 19.1. The van der Waals surface area contributed by atoms with Gasteiger partial charge < -0.3 is 9.47 Å². The Hall–Kier alpha value is -1.95. The summed E-state index contributed by atoms with van der Waals surface area (Å²) < 4.78 is 24.7. The molecule has 5 nitrogen and oxygen atoms in total. The predicted octanol–water partition coefficient (Wildman–Crippen LogP) is 4.02. The Kier molecular flexibility index (Phi) is 6.93. The molecule has 1 heterocycles. The molecule has 1 saturated carbocycles. The van der Waals surface area contributed by atoms with E-state index in [-0.39, 0.29) is 24.3 Å².